The Morgan fingerprint density at radius 1 is 0.562 bits per heavy atom. The molecule has 0 unspecified atom stereocenters. The SMILES string of the molecule is CN1CCNCCNCCNCCNCC1. The van der Waals surface area contributed by atoms with Gasteiger partial charge in [-0.1, -0.05) is 0 Å². The second-order valence-electron chi connectivity index (χ2n) is 4.30. The summed E-state index contributed by atoms with van der Waals surface area (Å²) in [4.78, 5) is 2.36. The third-order valence-corrected chi connectivity index (χ3v) is 2.78. The van der Waals surface area contributed by atoms with Gasteiger partial charge >= 0.3 is 0 Å². The maximum absolute atomic E-state index is 3.44. The third-order valence-electron chi connectivity index (χ3n) is 2.78. The number of nitrogens with one attached hydrogen (secondary N) is 4. The molecule has 96 valence electrons. The summed E-state index contributed by atoms with van der Waals surface area (Å²) in [5, 5.41) is 13.7. The van der Waals surface area contributed by atoms with Gasteiger partial charge in [0.1, 0.15) is 0 Å². The van der Waals surface area contributed by atoms with Gasteiger partial charge in [0.2, 0.25) is 0 Å². The molecule has 0 aromatic rings. The van der Waals surface area contributed by atoms with E-state index in [1.807, 2.05) is 0 Å². The van der Waals surface area contributed by atoms with Crippen LogP contribution in [0.3, 0.4) is 0 Å². The molecule has 0 aromatic carbocycles. The average molecular weight is 229 g/mol. The number of rotatable bonds is 0. The van der Waals surface area contributed by atoms with Gasteiger partial charge in [0.25, 0.3) is 0 Å². The standard InChI is InChI=1S/C11H27N5/c1-16-10-8-14-6-4-12-2-3-13-5-7-15-9-11-16/h12-15H,2-11H2,1H3. The number of nitrogens with zero attached hydrogens (tertiary/aromatic N) is 1. The van der Waals surface area contributed by atoms with Gasteiger partial charge in [-0.2, -0.15) is 0 Å². The lowest BCUT2D eigenvalue weighted by atomic mass is 10.4. The number of hydrogen-bond acceptors (Lipinski definition) is 5. The van der Waals surface area contributed by atoms with Crippen LogP contribution in [-0.4, -0.2) is 77.4 Å². The summed E-state index contributed by atoms with van der Waals surface area (Å²) in [6, 6.07) is 0. The summed E-state index contributed by atoms with van der Waals surface area (Å²) in [5.74, 6) is 0. The highest BCUT2D eigenvalue weighted by Gasteiger charge is 1.98. The van der Waals surface area contributed by atoms with Gasteiger partial charge in [0.05, 0.1) is 0 Å². The Hall–Kier alpha value is -0.200. The molecular formula is C11H27N5. The molecule has 0 amide bonds. The van der Waals surface area contributed by atoms with Crippen LogP contribution in [0.15, 0.2) is 0 Å². The molecule has 0 aliphatic carbocycles. The first-order valence-corrected chi connectivity index (χ1v) is 6.41. The Kier molecular flexibility index (Phi) is 8.65. The van der Waals surface area contributed by atoms with E-state index in [2.05, 4.69) is 33.2 Å². The molecule has 1 fully saturated rings. The molecule has 1 rings (SSSR count). The van der Waals surface area contributed by atoms with Crippen molar-refractivity contribution in [3.8, 4) is 0 Å². The van der Waals surface area contributed by atoms with Gasteiger partial charge in [0, 0.05) is 65.4 Å². The number of hydrogen-bond donors (Lipinski definition) is 4. The van der Waals surface area contributed by atoms with Crippen molar-refractivity contribution in [3.63, 3.8) is 0 Å². The zero-order valence-corrected chi connectivity index (χ0v) is 10.5. The molecule has 4 N–H and O–H groups in total. The molecule has 0 aromatic heterocycles. The van der Waals surface area contributed by atoms with Crippen molar-refractivity contribution in [2.75, 3.05) is 72.5 Å². The van der Waals surface area contributed by atoms with E-state index >= 15 is 0 Å². The minimum absolute atomic E-state index is 1.06. The maximum Gasteiger partial charge on any atom is 0.0104 e. The fourth-order valence-corrected chi connectivity index (χ4v) is 1.68. The predicted molar refractivity (Wildman–Crippen MR) is 69.0 cm³/mol. The van der Waals surface area contributed by atoms with Crippen molar-refractivity contribution < 1.29 is 0 Å². The second-order valence-corrected chi connectivity index (χ2v) is 4.30. The molecule has 1 aliphatic heterocycles. The van der Waals surface area contributed by atoms with Gasteiger partial charge in [-0.3, -0.25) is 0 Å². The highest BCUT2D eigenvalue weighted by molar-refractivity contribution is 4.61. The van der Waals surface area contributed by atoms with E-state index in [9.17, 15) is 0 Å². The Balaban J connectivity index is 2.10. The quantitative estimate of drug-likeness (QED) is 0.399. The molecule has 0 atom stereocenters. The van der Waals surface area contributed by atoms with Crippen LogP contribution < -0.4 is 21.3 Å². The predicted octanol–water partition coefficient (Wildman–Crippen LogP) is -1.71. The lowest BCUT2D eigenvalue weighted by Crippen LogP contribution is -2.36. The Morgan fingerprint density at radius 2 is 0.875 bits per heavy atom. The van der Waals surface area contributed by atoms with Crippen molar-refractivity contribution >= 4 is 0 Å². The first-order valence-electron chi connectivity index (χ1n) is 6.41. The monoisotopic (exact) mass is 229 g/mol. The van der Waals surface area contributed by atoms with Crippen molar-refractivity contribution in [2.24, 2.45) is 0 Å². The van der Waals surface area contributed by atoms with Crippen LogP contribution in [0.1, 0.15) is 0 Å². The smallest absolute Gasteiger partial charge is 0.0104 e. The van der Waals surface area contributed by atoms with Gasteiger partial charge in [0.15, 0.2) is 0 Å². The lowest BCUT2D eigenvalue weighted by molar-refractivity contribution is 0.330. The molecule has 1 heterocycles. The molecule has 0 saturated carbocycles. The van der Waals surface area contributed by atoms with E-state index in [1.54, 1.807) is 0 Å². The minimum atomic E-state index is 1.06. The van der Waals surface area contributed by atoms with Crippen LogP contribution in [0.5, 0.6) is 0 Å². The van der Waals surface area contributed by atoms with Gasteiger partial charge in [-0.25, -0.2) is 0 Å². The van der Waals surface area contributed by atoms with Crippen molar-refractivity contribution in [2.45, 2.75) is 0 Å². The first-order chi connectivity index (χ1) is 7.89. The van der Waals surface area contributed by atoms with E-state index < -0.39 is 0 Å². The summed E-state index contributed by atoms with van der Waals surface area (Å²) in [6.07, 6.45) is 0. The molecule has 5 nitrogen and oxygen atoms in total. The molecule has 0 bridgehead atoms. The topological polar surface area (TPSA) is 51.4 Å². The average Bonchev–Trinajstić information content (AvgIpc) is 2.29. The molecule has 1 aliphatic rings. The summed E-state index contributed by atoms with van der Waals surface area (Å²) in [5.41, 5.74) is 0. The molecule has 1 saturated heterocycles. The van der Waals surface area contributed by atoms with Crippen LogP contribution >= 0.6 is 0 Å². The van der Waals surface area contributed by atoms with Gasteiger partial charge in [-0.05, 0) is 7.05 Å². The van der Waals surface area contributed by atoms with Crippen LogP contribution in [0.25, 0.3) is 0 Å². The largest absolute Gasteiger partial charge is 0.314 e. The minimum Gasteiger partial charge on any atom is -0.314 e. The molecule has 0 radical (unpaired) electrons. The first kappa shape index (κ1) is 13.9. The van der Waals surface area contributed by atoms with Gasteiger partial charge < -0.3 is 26.2 Å². The maximum atomic E-state index is 3.44. The molecular weight excluding hydrogens is 202 g/mol. The fourth-order valence-electron chi connectivity index (χ4n) is 1.68. The van der Waals surface area contributed by atoms with Crippen LogP contribution in [0.4, 0.5) is 0 Å². The van der Waals surface area contributed by atoms with Crippen molar-refractivity contribution in [1.82, 2.24) is 26.2 Å². The van der Waals surface area contributed by atoms with Crippen LogP contribution in [-0.2, 0) is 0 Å². The molecule has 0 spiro atoms. The van der Waals surface area contributed by atoms with Crippen molar-refractivity contribution in [1.29, 1.82) is 0 Å². The zero-order chi connectivity index (χ0) is 11.5. The van der Waals surface area contributed by atoms with E-state index in [4.69, 9.17) is 0 Å². The summed E-state index contributed by atoms with van der Waals surface area (Å²) >= 11 is 0. The van der Waals surface area contributed by atoms with E-state index in [1.165, 1.54) is 0 Å². The van der Waals surface area contributed by atoms with Crippen molar-refractivity contribution in [3.05, 3.63) is 0 Å². The summed E-state index contributed by atoms with van der Waals surface area (Å²) in [6.45, 7) is 10.8. The Bertz CT molecular complexity index is 137. The second kappa shape index (κ2) is 9.99. The summed E-state index contributed by atoms with van der Waals surface area (Å²) < 4.78 is 0. The third kappa shape index (κ3) is 8.01. The highest BCUT2D eigenvalue weighted by Crippen LogP contribution is 1.79. The van der Waals surface area contributed by atoms with Crippen LogP contribution in [0.2, 0.25) is 0 Å². The molecule has 16 heavy (non-hydrogen) atoms. The van der Waals surface area contributed by atoms with Crippen LogP contribution in [0, 0.1) is 0 Å². The van der Waals surface area contributed by atoms with E-state index in [-0.39, 0.29) is 0 Å². The normalized spacial score (nSPS) is 24.6. The highest BCUT2D eigenvalue weighted by atomic mass is 15.1. The van der Waals surface area contributed by atoms with E-state index in [0.29, 0.717) is 0 Å². The fraction of sp³-hybridized carbons (Fsp3) is 1.00. The lowest BCUT2D eigenvalue weighted by Gasteiger charge is -2.17. The van der Waals surface area contributed by atoms with Gasteiger partial charge in [-0.15, -0.1) is 0 Å². The zero-order valence-electron chi connectivity index (χ0n) is 10.5. The van der Waals surface area contributed by atoms with E-state index in [0.717, 1.165) is 65.4 Å². The Morgan fingerprint density at radius 3 is 1.25 bits per heavy atom. The Labute approximate surface area is 99.3 Å². The summed E-state index contributed by atoms with van der Waals surface area (Å²) in [7, 11) is 2.18. The number of likely N-dealkylation sites (N-methyl/N-ethyl adjacent to an activating group) is 1. The molecule has 5 heteroatoms.